The highest BCUT2D eigenvalue weighted by Crippen LogP contribution is 2.19. The minimum Gasteiger partial charge on any atom is -0.365 e. The number of nitrogens with zero attached hydrogens (tertiary/aromatic N) is 1. The third-order valence-electron chi connectivity index (χ3n) is 3.74. The molecule has 0 aromatic rings. The first-order chi connectivity index (χ1) is 8.56. The van der Waals surface area contributed by atoms with E-state index in [2.05, 4.69) is 5.32 Å². The monoisotopic (exact) mass is 254 g/mol. The van der Waals surface area contributed by atoms with E-state index in [9.17, 15) is 9.59 Å². The lowest BCUT2D eigenvalue weighted by Crippen LogP contribution is -2.51. The Hall–Kier alpha value is -1.10. The molecule has 0 bridgehead atoms. The molecular weight excluding hydrogens is 232 g/mol. The van der Waals surface area contributed by atoms with Gasteiger partial charge in [0.2, 0.25) is 11.8 Å². The molecule has 0 saturated carbocycles. The number of carbonyl (C=O) groups excluding carboxylic acids is 2. The van der Waals surface area contributed by atoms with Crippen LogP contribution in [0.5, 0.6) is 0 Å². The highest BCUT2D eigenvalue weighted by Gasteiger charge is 2.30. The summed E-state index contributed by atoms with van der Waals surface area (Å²) in [5.74, 6) is 0.0643. The molecule has 0 radical (unpaired) electrons. The number of rotatable bonds is 2. The molecule has 2 fully saturated rings. The van der Waals surface area contributed by atoms with Gasteiger partial charge in [0, 0.05) is 26.1 Å². The second kappa shape index (κ2) is 5.69. The first-order valence-electron chi connectivity index (χ1n) is 6.77. The average Bonchev–Trinajstić information content (AvgIpc) is 2.76. The van der Waals surface area contributed by atoms with Gasteiger partial charge in [0.05, 0.1) is 6.10 Å². The Morgan fingerprint density at radius 3 is 2.67 bits per heavy atom. The first kappa shape index (κ1) is 13.3. The summed E-state index contributed by atoms with van der Waals surface area (Å²) < 4.78 is 5.55. The molecule has 2 aliphatic heterocycles. The van der Waals surface area contributed by atoms with Crippen molar-refractivity contribution in [3.8, 4) is 0 Å². The normalized spacial score (nSPS) is 32.3. The van der Waals surface area contributed by atoms with Gasteiger partial charge < -0.3 is 15.0 Å². The van der Waals surface area contributed by atoms with Crippen LogP contribution in [-0.2, 0) is 14.3 Å². The summed E-state index contributed by atoms with van der Waals surface area (Å²) in [6.07, 6.45) is 3.52. The molecule has 2 amide bonds. The highest BCUT2D eigenvalue weighted by molar-refractivity contribution is 5.81. The number of carbonyl (C=O) groups is 2. The maximum Gasteiger partial charge on any atom is 0.249 e. The lowest BCUT2D eigenvalue weighted by molar-refractivity contribution is -0.135. The van der Waals surface area contributed by atoms with Gasteiger partial charge in [-0.15, -0.1) is 0 Å². The number of nitrogens with one attached hydrogen (secondary N) is 1. The van der Waals surface area contributed by atoms with E-state index in [0.717, 1.165) is 32.2 Å². The topological polar surface area (TPSA) is 58.6 Å². The summed E-state index contributed by atoms with van der Waals surface area (Å²) in [7, 11) is 0. The van der Waals surface area contributed by atoms with Crippen molar-refractivity contribution in [2.45, 2.75) is 57.8 Å². The van der Waals surface area contributed by atoms with Crippen LogP contribution in [-0.4, -0.2) is 48.1 Å². The molecule has 2 saturated heterocycles. The summed E-state index contributed by atoms with van der Waals surface area (Å²) >= 11 is 0. The molecule has 1 N–H and O–H groups in total. The van der Waals surface area contributed by atoms with E-state index in [1.807, 2.05) is 6.92 Å². The Morgan fingerprint density at radius 1 is 1.28 bits per heavy atom. The SMILES string of the molecule is CC(=O)N1CCCC(NC(=O)C2CCC(C)O2)C1. The first-order valence-corrected chi connectivity index (χ1v) is 6.77. The molecular formula is C13H22N2O3. The quantitative estimate of drug-likeness (QED) is 0.788. The van der Waals surface area contributed by atoms with Crippen molar-refractivity contribution in [2.75, 3.05) is 13.1 Å². The number of ether oxygens (including phenoxy) is 1. The van der Waals surface area contributed by atoms with Crippen molar-refractivity contribution in [1.82, 2.24) is 10.2 Å². The Morgan fingerprint density at radius 2 is 2.06 bits per heavy atom. The van der Waals surface area contributed by atoms with Crippen LogP contribution in [0.2, 0.25) is 0 Å². The van der Waals surface area contributed by atoms with Gasteiger partial charge >= 0.3 is 0 Å². The van der Waals surface area contributed by atoms with Crippen LogP contribution in [0.3, 0.4) is 0 Å². The van der Waals surface area contributed by atoms with Crippen LogP contribution in [0.25, 0.3) is 0 Å². The molecule has 0 spiro atoms. The summed E-state index contributed by atoms with van der Waals surface area (Å²) in [5.41, 5.74) is 0. The molecule has 5 heteroatoms. The number of amides is 2. The molecule has 18 heavy (non-hydrogen) atoms. The number of piperidine rings is 1. The van der Waals surface area contributed by atoms with Crippen LogP contribution in [0.15, 0.2) is 0 Å². The van der Waals surface area contributed by atoms with Crippen molar-refractivity contribution in [3.05, 3.63) is 0 Å². The zero-order chi connectivity index (χ0) is 13.1. The molecule has 102 valence electrons. The highest BCUT2D eigenvalue weighted by atomic mass is 16.5. The van der Waals surface area contributed by atoms with Crippen molar-refractivity contribution in [1.29, 1.82) is 0 Å². The van der Waals surface area contributed by atoms with E-state index in [1.54, 1.807) is 11.8 Å². The van der Waals surface area contributed by atoms with Gasteiger partial charge in [0.15, 0.2) is 0 Å². The Balaban J connectivity index is 1.81. The molecule has 2 aliphatic rings. The van der Waals surface area contributed by atoms with E-state index in [1.165, 1.54) is 0 Å². The lowest BCUT2D eigenvalue weighted by Gasteiger charge is -2.33. The smallest absolute Gasteiger partial charge is 0.249 e. The third kappa shape index (κ3) is 3.22. The zero-order valence-electron chi connectivity index (χ0n) is 11.1. The number of likely N-dealkylation sites (tertiary alicyclic amines) is 1. The predicted octanol–water partition coefficient (Wildman–Crippen LogP) is 0.681. The Kier molecular flexibility index (Phi) is 4.22. The van der Waals surface area contributed by atoms with Gasteiger partial charge in [0.25, 0.3) is 0 Å². The van der Waals surface area contributed by atoms with Crippen LogP contribution < -0.4 is 5.32 Å². The fourth-order valence-corrected chi connectivity index (χ4v) is 2.67. The van der Waals surface area contributed by atoms with Crippen molar-refractivity contribution < 1.29 is 14.3 Å². The van der Waals surface area contributed by atoms with Crippen molar-refractivity contribution in [2.24, 2.45) is 0 Å². The van der Waals surface area contributed by atoms with Crippen LogP contribution in [0.4, 0.5) is 0 Å². The van der Waals surface area contributed by atoms with E-state index < -0.39 is 0 Å². The van der Waals surface area contributed by atoms with Gasteiger partial charge in [-0.2, -0.15) is 0 Å². The minimum absolute atomic E-state index is 0.0187. The Labute approximate surface area is 108 Å². The second-order valence-electron chi connectivity index (χ2n) is 5.33. The molecule has 0 aliphatic carbocycles. The molecule has 2 rings (SSSR count). The fourth-order valence-electron chi connectivity index (χ4n) is 2.67. The number of hydrogen-bond acceptors (Lipinski definition) is 3. The van der Waals surface area contributed by atoms with Gasteiger partial charge in [-0.05, 0) is 32.6 Å². The summed E-state index contributed by atoms with van der Waals surface area (Å²) in [6.45, 7) is 5.00. The fraction of sp³-hybridized carbons (Fsp3) is 0.846. The van der Waals surface area contributed by atoms with Gasteiger partial charge in [0.1, 0.15) is 6.10 Å². The molecule has 3 atom stereocenters. The van der Waals surface area contributed by atoms with E-state index in [4.69, 9.17) is 4.74 Å². The van der Waals surface area contributed by atoms with Crippen LogP contribution >= 0.6 is 0 Å². The van der Waals surface area contributed by atoms with Crippen LogP contribution in [0, 0.1) is 0 Å². The van der Waals surface area contributed by atoms with E-state index in [-0.39, 0.29) is 30.1 Å². The van der Waals surface area contributed by atoms with Gasteiger partial charge in [-0.25, -0.2) is 0 Å². The van der Waals surface area contributed by atoms with Crippen molar-refractivity contribution in [3.63, 3.8) is 0 Å². The van der Waals surface area contributed by atoms with E-state index in [0.29, 0.717) is 6.54 Å². The van der Waals surface area contributed by atoms with Gasteiger partial charge in [-0.3, -0.25) is 9.59 Å². The summed E-state index contributed by atoms with van der Waals surface area (Å²) in [6, 6.07) is 0.0784. The third-order valence-corrected chi connectivity index (χ3v) is 3.74. The molecule has 3 unspecified atom stereocenters. The summed E-state index contributed by atoms with van der Waals surface area (Å²) in [4.78, 5) is 25.1. The molecule has 0 aromatic carbocycles. The summed E-state index contributed by atoms with van der Waals surface area (Å²) in [5, 5.41) is 3.01. The maximum absolute atomic E-state index is 12.0. The maximum atomic E-state index is 12.0. The largest absolute Gasteiger partial charge is 0.365 e. The second-order valence-corrected chi connectivity index (χ2v) is 5.33. The van der Waals surface area contributed by atoms with Crippen LogP contribution in [0.1, 0.15) is 39.5 Å². The number of hydrogen-bond donors (Lipinski definition) is 1. The van der Waals surface area contributed by atoms with E-state index >= 15 is 0 Å². The van der Waals surface area contributed by atoms with Crippen molar-refractivity contribution >= 4 is 11.8 Å². The molecule has 2 heterocycles. The lowest BCUT2D eigenvalue weighted by atomic mass is 10.1. The zero-order valence-corrected chi connectivity index (χ0v) is 11.1. The molecule has 5 nitrogen and oxygen atoms in total. The molecule has 0 aromatic heterocycles. The predicted molar refractivity (Wildman–Crippen MR) is 67.0 cm³/mol. The van der Waals surface area contributed by atoms with Gasteiger partial charge in [-0.1, -0.05) is 0 Å². The minimum atomic E-state index is -0.298. The standard InChI is InChI=1S/C13H22N2O3/c1-9-5-6-12(18-9)13(17)14-11-4-3-7-15(8-11)10(2)16/h9,11-12H,3-8H2,1-2H3,(H,14,17). The average molecular weight is 254 g/mol. The Bertz CT molecular complexity index is 332.